The number of hydrogen-bond acceptors (Lipinski definition) is 5. The molecular weight excluding hydrogens is 326 g/mol. The summed E-state index contributed by atoms with van der Waals surface area (Å²) in [6.45, 7) is 3.21. The minimum atomic E-state index is 0.744. The summed E-state index contributed by atoms with van der Waals surface area (Å²) in [5.41, 5.74) is 2.98. The number of benzene rings is 2. The van der Waals surface area contributed by atoms with Gasteiger partial charge in [-0.1, -0.05) is 18.2 Å². The Hall–Kier alpha value is -3.05. The summed E-state index contributed by atoms with van der Waals surface area (Å²) < 4.78 is 11.2. The zero-order valence-electron chi connectivity index (χ0n) is 14.5. The maximum absolute atomic E-state index is 5.86. The SMILES string of the molecule is C(=Nc1ccc(Nc2ccccc2)cc1)c1ccc(N2CCOCC2)o1. The maximum atomic E-state index is 5.86. The van der Waals surface area contributed by atoms with Crippen molar-refractivity contribution in [2.24, 2.45) is 4.99 Å². The first-order chi connectivity index (χ1) is 12.9. The third-order valence-corrected chi connectivity index (χ3v) is 4.21. The van der Waals surface area contributed by atoms with E-state index in [2.05, 4.69) is 15.2 Å². The third-order valence-electron chi connectivity index (χ3n) is 4.21. The topological polar surface area (TPSA) is 50.0 Å². The summed E-state index contributed by atoms with van der Waals surface area (Å²) in [7, 11) is 0. The van der Waals surface area contributed by atoms with Gasteiger partial charge < -0.3 is 19.4 Å². The molecule has 2 heterocycles. The van der Waals surface area contributed by atoms with Gasteiger partial charge in [-0.2, -0.15) is 0 Å². The van der Waals surface area contributed by atoms with E-state index in [0.717, 1.165) is 55.0 Å². The normalized spacial score (nSPS) is 14.7. The molecule has 0 amide bonds. The largest absolute Gasteiger partial charge is 0.440 e. The molecule has 1 fully saturated rings. The first-order valence-corrected chi connectivity index (χ1v) is 8.75. The van der Waals surface area contributed by atoms with Crippen molar-refractivity contribution in [2.45, 2.75) is 0 Å². The zero-order valence-corrected chi connectivity index (χ0v) is 14.5. The van der Waals surface area contributed by atoms with E-state index in [1.807, 2.05) is 66.7 Å². The molecule has 3 aromatic rings. The Kier molecular flexibility index (Phi) is 4.98. The van der Waals surface area contributed by atoms with Gasteiger partial charge in [0, 0.05) is 30.5 Å². The highest BCUT2D eigenvalue weighted by atomic mass is 16.5. The van der Waals surface area contributed by atoms with Crippen molar-refractivity contribution in [3.8, 4) is 0 Å². The Bertz CT molecular complexity index is 850. The minimum Gasteiger partial charge on any atom is -0.440 e. The van der Waals surface area contributed by atoms with Gasteiger partial charge in [-0.15, -0.1) is 0 Å². The van der Waals surface area contributed by atoms with Crippen LogP contribution in [0, 0.1) is 0 Å². The number of ether oxygens (including phenoxy) is 1. The molecule has 1 aliphatic heterocycles. The van der Waals surface area contributed by atoms with E-state index in [0.29, 0.717) is 0 Å². The molecule has 0 saturated carbocycles. The lowest BCUT2D eigenvalue weighted by Gasteiger charge is -2.26. The van der Waals surface area contributed by atoms with Crippen LogP contribution in [0.2, 0.25) is 0 Å². The quantitative estimate of drug-likeness (QED) is 0.685. The second kappa shape index (κ2) is 7.89. The van der Waals surface area contributed by atoms with E-state index in [1.165, 1.54) is 0 Å². The van der Waals surface area contributed by atoms with E-state index >= 15 is 0 Å². The van der Waals surface area contributed by atoms with E-state index in [1.54, 1.807) is 6.21 Å². The second-order valence-electron chi connectivity index (χ2n) is 6.07. The van der Waals surface area contributed by atoms with Gasteiger partial charge in [0.05, 0.1) is 25.1 Å². The van der Waals surface area contributed by atoms with Crippen LogP contribution in [0.1, 0.15) is 5.76 Å². The summed E-state index contributed by atoms with van der Waals surface area (Å²) in [6, 6.07) is 22.0. The molecular formula is C21H21N3O2. The highest BCUT2D eigenvalue weighted by Crippen LogP contribution is 2.22. The van der Waals surface area contributed by atoms with Crippen LogP contribution in [0.15, 0.2) is 76.1 Å². The molecule has 0 spiro atoms. The molecule has 0 unspecified atom stereocenters. The molecule has 1 N–H and O–H groups in total. The van der Waals surface area contributed by atoms with Gasteiger partial charge in [0.2, 0.25) is 0 Å². The standard InChI is InChI=1S/C21H21N3O2/c1-2-4-18(5-3-1)23-19-8-6-17(7-9-19)22-16-20-10-11-21(26-20)24-12-14-25-15-13-24/h1-11,16,23H,12-15H2. The summed E-state index contributed by atoms with van der Waals surface area (Å²) in [6.07, 6.45) is 1.75. The van der Waals surface area contributed by atoms with Crippen molar-refractivity contribution in [3.63, 3.8) is 0 Å². The van der Waals surface area contributed by atoms with Gasteiger partial charge >= 0.3 is 0 Å². The molecule has 0 atom stereocenters. The van der Waals surface area contributed by atoms with E-state index in [4.69, 9.17) is 9.15 Å². The van der Waals surface area contributed by atoms with Gasteiger partial charge in [0.15, 0.2) is 5.88 Å². The molecule has 1 saturated heterocycles. The molecule has 5 nitrogen and oxygen atoms in total. The molecule has 0 aliphatic carbocycles. The van der Waals surface area contributed by atoms with Crippen LogP contribution in [-0.4, -0.2) is 32.5 Å². The van der Waals surface area contributed by atoms with E-state index < -0.39 is 0 Å². The Balaban J connectivity index is 1.38. The Morgan fingerprint density at radius 1 is 0.846 bits per heavy atom. The molecule has 1 aliphatic rings. The predicted octanol–water partition coefficient (Wildman–Crippen LogP) is 4.61. The molecule has 132 valence electrons. The van der Waals surface area contributed by atoms with Crippen molar-refractivity contribution in [2.75, 3.05) is 36.5 Å². The van der Waals surface area contributed by atoms with Crippen LogP contribution >= 0.6 is 0 Å². The summed E-state index contributed by atoms with van der Waals surface area (Å²) in [5.74, 6) is 1.62. The lowest BCUT2D eigenvalue weighted by atomic mass is 10.2. The van der Waals surface area contributed by atoms with E-state index in [-0.39, 0.29) is 0 Å². The first-order valence-electron chi connectivity index (χ1n) is 8.75. The van der Waals surface area contributed by atoms with Crippen LogP contribution < -0.4 is 10.2 Å². The highest BCUT2D eigenvalue weighted by molar-refractivity contribution is 5.79. The number of nitrogens with zero attached hydrogens (tertiary/aromatic N) is 2. The van der Waals surface area contributed by atoms with Crippen LogP contribution in [0.25, 0.3) is 0 Å². The molecule has 0 bridgehead atoms. The average molecular weight is 347 g/mol. The minimum absolute atomic E-state index is 0.744. The number of nitrogens with one attached hydrogen (secondary N) is 1. The molecule has 0 radical (unpaired) electrons. The Morgan fingerprint density at radius 2 is 1.58 bits per heavy atom. The van der Waals surface area contributed by atoms with Crippen molar-refractivity contribution >= 4 is 29.2 Å². The maximum Gasteiger partial charge on any atom is 0.196 e. The van der Waals surface area contributed by atoms with Crippen molar-refractivity contribution in [3.05, 3.63) is 72.5 Å². The van der Waals surface area contributed by atoms with Crippen molar-refractivity contribution in [1.29, 1.82) is 0 Å². The van der Waals surface area contributed by atoms with Crippen LogP contribution in [0.4, 0.5) is 22.9 Å². The van der Waals surface area contributed by atoms with Gasteiger partial charge in [-0.05, 0) is 42.5 Å². The molecule has 5 heteroatoms. The summed E-state index contributed by atoms with van der Waals surface area (Å²) >= 11 is 0. The smallest absolute Gasteiger partial charge is 0.196 e. The number of para-hydroxylation sites is 1. The second-order valence-corrected chi connectivity index (χ2v) is 6.07. The first kappa shape index (κ1) is 16.4. The van der Waals surface area contributed by atoms with Gasteiger partial charge in [0.25, 0.3) is 0 Å². The Labute approximate surface area is 152 Å². The lowest BCUT2D eigenvalue weighted by molar-refractivity contribution is 0.120. The number of rotatable bonds is 5. The number of anilines is 3. The van der Waals surface area contributed by atoms with Crippen LogP contribution in [0.3, 0.4) is 0 Å². The summed E-state index contributed by atoms with van der Waals surface area (Å²) in [5, 5.41) is 3.36. The number of furan rings is 1. The zero-order chi connectivity index (χ0) is 17.6. The van der Waals surface area contributed by atoms with Crippen molar-refractivity contribution in [1.82, 2.24) is 0 Å². The lowest BCUT2D eigenvalue weighted by Crippen LogP contribution is -2.35. The highest BCUT2D eigenvalue weighted by Gasteiger charge is 2.14. The molecule has 4 rings (SSSR count). The monoisotopic (exact) mass is 347 g/mol. The van der Waals surface area contributed by atoms with E-state index in [9.17, 15) is 0 Å². The van der Waals surface area contributed by atoms with Gasteiger partial charge in [0.1, 0.15) is 5.76 Å². The fourth-order valence-corrected chi connectivity index (χ4v) is 2.82. The van der Waals surface area contributed by atoms with Gasteiger partial charge in [-0.25, -0.2) is 0 Å². The molecule has 26 heavy (non-hydrogen) atoms. The van der Waals surface area contributed by atoms with Crippen LogP contribution in [0.5, 0.6) is 0 Å². The fourth-order valence-electron chi connectivity index (χ4n) is 2.82. The molecule has 1 aromatic heterocycles. The molecule has 2 aromatic carbocycles. The van der Waals surface area contributed by atoms with Crippen LogP contribution in [-0.2, 0) is 4.74 Å². The number of hydrogen-bond donors (Lipinski definition) is 1. The number of aliphatic imine (C=N–C) groups is 1. The fraction of sp³-hybridized carbons (Fsp3) is 0.190. The summed E-state index contributed by atoms with van der Waals surface area (Å²) in [4.78, 5) is 6.68. The van der Waals surface area contributed by atoms with Crippen molar-refractivity contribution < 1.29 is 9.15 Å². The number of morpholine rings is 1. The Morgan fingerprint density at radius 3 is 2.35 bits per heavy atom. The predicted molar refractivity (Wildman–Crippen MR) is 105 cm³/mol. The van der Waals surface area contributed by atoms with Gasteiger partial charge in [-0.3, -0.25) is 4.99 Å². The third kappa shape index (κ3) is 4.13. The average Bonchev–Trinajstić information content (AvgIpc) is 3.18.